The van der Waals surface area contributed by atoms with Crippen LogP contribution in [-0.2, 0) is 17.6 Å². The number of pyridine rings is 2. The Kier molecular flexibility index (Phi) is 7.32. The Morgan fingerprint density at radius 1 is 1.28 bits per heavy atom. The van der Waals surface area contributed by atoms with Gasteiger partial charge >= 0.3 is 5.97 Å². The van der Waals surface area contributed by atoms with Crippen LogP contribution in [0.2, 0.25) is 0 Å². The molecule has 2 aliphatic rings. The summed E-state index contributed by atoms with van der Waals surface area (Å²) in [6, 6.07) is 8.44. The molecule has 0 saturated carbocycles. The van der Waals surface area contributed by atoms with Gasteiger partial charge in [-0.1, -0.05) is 12.1 Å². The summed E-state index contributed by atoms with van der Waals surface area (Å²) in [6.45, 7) is 3.58. The molecule has 4 rings (SSSR count). The summed E-state index contributed by atoms with van der Waals surface area (Å²) in [5.74, 6) is 0.169. The van der Waals surface area contributed by atoms with Gasteiger partial charge in [0.2, 0.25) is 0 Å². The Bertz CT molecular complexity index is 936. The number of carbonyl (C=O) groups is 2. The lowest BCUT2D eigenvalue weighted by atomic mass is 10.00. The summed E-state index contributed by atoms with van der Waals surface area (Å²) in [5.41, 5.74) is 2.68. The van der Waals surface area contributed by atoms with Gasteiger partial charge in [0.05, 0.1) is 0 Å². The molecular weight excluding hydrogens is 406 g/mol. The molecule has 1 saturated heterocycles. The highest BCUT2D eigenvalue weighted by molar-refractivity contribution is 5.94. The van der Waals surface area contributed by atoms with E-state index in [9.17, 15) is 14.7 Å². The van der Waals surface area contributed by atoms with Crippen molar-refractivity contribution in [3.05, 3.63) is 53.5 Å². The predicted octanol–water partition coefficient (Wildman–Crippen LogP) is 2.36. The molecule has 3 N–H and O–H groups in total. The summed E-state index contributed by atoms with van der Waals surface area (Å²) in [5, 5.41) is 15.5. The predicted molar refractivity (Wildman–Crippen MR) is 122 cm³/mol. The number of rotatable bonds is 9. The first-order chi connectivity index (χ1) is 15.6. The molecule has 0 unspecified atom stereocenters. The molecule has 2 aromatic heterocycles. The van der Waals surface area contributed by atoms with Crippen molar-refractivity contribution in [2.45, 2.75) is 44.6 Å². The third-order valence-corrected chi connectivity index (χ3v) is 6.37. The van der Waals surface area contributed by atoms with E-state index in [4.69, 9.17) is 4.98 Å². The summed E-state index contributed by atoms with van der Waals surface area (Å²) < 4.78 is 0. The van der Waals surface area contributed by atoms with Crippen molar-refractivity contribution in [1.29, 1.82) is 0 Å². The molecule has 2 aliphatic heterocycles. The van der Waals surface area contributed by atoms with Gasteiger partial charge in [0.15, 0.2) is 0 Å². The molecule has 2 aromatic rings. The number of aromatic nitrogens is 2. The lowest BCUT2D eigenvalue weighted by Gasteiger charge is -2.20. The smallest absolute Gasteiger partial charge is 0.326 e. The number of carboxylic acids is 1. The lowest BCUT2D eigenvalue weighted by molar-refractivity contribution is -0.139. The zero-order valence-corrected chi connectivity index (χ0v) is 18.3. The highest BCUT2D eigenvalue weighted by Gasteiger charge is 2.26. The highest BCUT2D eigenvalue weighted by Crippen LogP contribution is 2.24. The van der Waals surface area contributed by atoms with Gasteiger partial charge in [-0.2, -0.15) is 0 Å². The summed E-state index contributed by atoms with van der Waals surface area (Å²) in [4.78, 5) is 35.0. The van der Waals surface area contributed by atoms with Crippen LogP contribution in [0.5, 0.6) is 0 Å². The number of aliphatic carboxylic acids is 1. The number of fused-ring (bicyclic) bond motifs is 1. The molecule has 32 heavy (non-hydrogen) atoms. The van der Waals surface area contributed by atoms with E-state index in [1.807, 2.05) is 0 Å². The number of hydrogen-bond donors (Lipinski definition) is 3. The maximum absolute atomic E-state index is 12.3. The quantitative estimate of drug-likeness (QED) is 0.553. The van der Waals surface area contributed by atoms with E-state index in [2.05, 4.69) is 32.7 Å². The SMILES string of the molecule is O=C(N[C@H](CCN1CC[C@H](CCc2ccc3c(n2)NCCC3)C1)C(=O)O)c1ccccn1. The number of nitrogens with one attached hydrogen (secondary N) is 2. The van der Waals surface area contributed by atoms with E-state index in [1.165, 1.54) is 18.2 Å². The number of anilines is 1. The Morgan fingerprint density at radius 3 is 3.00 bits per heavy atom. The van der Waals surface area contributed by atoms with E-state index in [0.29, 0.717) is 18.9 Å². The fourth-order valence-corrected chi connectivity index (χ4v) is 4.51. The third-order valence-electron chi connectivity index (χ3n) is 6.37. The molecule has 0 bridgehead atoms. The first-order valence-corrected chi connectivity index (χ1v) is 11.5. The van der Waals surface area contributed by atoms with Crippen LogP contribution < -0.4 is 10.6 Å². The number of carbonyl (C=O) groups excluding carboxylic acids is 1. The van der Waals surface area contributed by atoms with E-state index in [-0.39, 0.29) is 5.69 Å². The lowest BCUT2D eigenvalue weighted by Crippen LogP contribution is -2.43. The van der Waals surface area contributed by atoms with Crippen molar-refractivity contribution in [3.8, 4) is 0 Å². The summed E-state index contributed by atoms with van der Waals surface area (Å²) >= 11 is 0. The number of carboxylic acid groups (broad SMARTS) is 1. The van der Waals surface area contributed by atoms with Gasteiger partial charge in [0.1, 0.15) is 17.6 Å². The maximum Gasteiger partial charge on any atom is 0.326 e. The fraction of sp³-hybridized carbons (Fsp3) is 0.500. The second-order valence-electron chi connectivity index (χ2n) is 8.70. The van der Waals surface area contributed by atoms with E-state index < -0.39 is 17.9 Å². The topological polar surface area (TPSA) is 107 Å². The zero-order chi connectivity index (χ0) is 22.3. The van der Waals surface area contributed by atoms with Crippen LogP contribution in [0.1, 0.15) is 47.4 Å². The van der Waals surface area contributed by atoms with Crippen LogP contribution in [0.3, 0.4) is 0 Å². The van der Waals surface area contributed by atoms with Crippen molar-refractivity contribution >= 4 is 17.7 Å². The first kappa shape index (κ1) is 22.2. The molecule has 8 nitrogen and oxygen atoms in total. The van der Waals surface area contributed by atoms with Gasteiger partial charge in [-0.3, -0.25) is 9.78 Å². The summed E-state index contributed by atoms with van der Waals surface area (Å²) in [7, 11) is 0. The molecule has 1 fully saturated rings. The largest absolute Gasteiger partial charge is 0.480 e. The van der Waals surface area contributed by atoms with Gasteiger partial charge in [-0.05, 0) is 74.8 Å². The molecule has 0 aliphatic carbocycles. The molecule has 1 amide bonds. The van der Waals surface area contributed by atoms with E-state index in [1.54, 1.807) is 18.2 Å². The highest BCUT2D eigenvalue weighted by atomic mass is 16.4. The third kappa shape index (κ3) is 5.82. The van der Waals surface area contributed by atoms with Crippen molar-refractivity contribution < 1.29 is 14.7 Å². The van der Waals surface area contributed by atoms with Crippen LogP contribution in [0.25, 0.3) is 0 Å². The second-order valence-corrected chi connectivity index (χ2v) is 8.70. The Labute approximate surface area is 188 Å². The van der Waals surface area contributed by atoms with Crippen LogP contribution >= 0.6 is 0 Å². The van der Waals surface area contributed by atoms with Crippen molar-refractivity contribution in [1.82, 2.24) is 20.2 Å². The van der Waals surface area contributed by atoms with Crippen molar-refractivity contribution in [3.63, 3.8) is 0 Å². The van der Waals surface area contributed by atoms with Crippen molar-refractivity contribution in [2.24, 2.45) is 5.92 Å². The minimum absolute atomic E-state index is 0.228. The fourth-order valence-electron chi connectivity index (χ4n) is 4.51. The van der Waals surface area contributed by atoms with E-state index >= 15 is 0 Å². The van der Waals surface area contributed by atoms with E-state index in [0.717, 1.165) is 56.8 Å². The van der Waals surface area contributed by atoms with Gasteiger partial charge < -0.3 is 20.6 Å². The maximum atomic E-state index is 12.3. The number of nitrogens with zero attached hydrogens (tertiary/aromatic N) is 3. The second kappa shape index (κ2) is 10.5. The van der Waals surface area contributed by atoms with Gasteiger partial charge in [0.25, 0.3) is 5.91 Å². The Hall–Kier alpha value is -3.00. The van der Waals surface area contributed by atoms with Crippen LogP contribution in [0.4, 0.5) is 5.82 Å². The Balaban J connectivity index is 1.22. The summed E-state index contributed by atoms with van der Waals surface area (Å²) in [6.07, 6.45) is 7.33. The number of amides is 1. The Morgan fingerprint density at radius 2 is 2.19 bits per heavy atom. The standard InChI is InChI=1S/C24H31N5O3/c30-23(20-5-1-2-12-25-20)28-21(24(31)32)11-15-29-14-10-17(16-29)6-8-19-9-7-18-4-3-13-26-22(18)27-19/h1-2,5,7,9,12,17,21H,3-4,6,8,10-11,13-16H2,(H,26,27)(H,28,30)(H,31,32)/t17-,21+/m0/s1. The van der Waals surface area contributed by atoms with Gasteiger partial charge in [-0.25, -0.2) is 9.78 Å². The molecule has 4 heterocycles. The minimum atomic E-state index is -1.02. The van der Waals surface area contributed by atoms with Crippen LogP contribution in [0.15, 0.2) is 36.5 Å². The molecule has 170 valence electrons. The number of hydrogen-bond acceptors (Lipinski definition) is 6. The number of likely N-dealkylation sites (tertiary alicyclic amines) is 1. The molecule has 0 spiro atoms. The van der Waals surface area contributed by atoms with Crippen molar-refractivity contribution in [2.75, 3.05) is 31.5 Å². The number of aryl methyl sites for hydroxylation is 2. The van der Waals surface area contributed by atoms with Gasteiger partial charge in [0, 0.05) is 31.5 Å². The minimum Gasteiger partial charge on any atom is -0.480 e. The molecule has 2 atom stereocenters. The van der Waals surface area contributed by atoms with Crippen LogP contribution in [-0.4, -0.2) is 64.1 Å². The van der Waals surface area contributed by atoms with Gasteiger partial charge in [-0.15, -0.1) is 0 Å². The molecule has 0 radical (unpaired) electrons. The first-order valence-electron chi connectivity index (χ1n) is 11.5. The van der Waals surface area contributed by atoms with Crippen LogP contribution in [0, 0.1) is 5.92 Å². The average molecular weight is 438 g/mol. The molecule has 0 aromatic carbocycles. The normalized spacial score (nSPS) is 19.1. The average Bonchev–Trinajstić information content (AvgIpc) is 3.28. The molecular formula is C24H31N5O3. The molecule has 8 heteroatoms. The zero-order valence-electron chi connectivity index (χ0n) is 18.3. The monoisotopic (exact) mass is 437 g/mol.